The Morgan fingerprint density at radius 1 is 1.26 bits per heavy atom. The Morgan fingerprint density at radius 3 is 2.58 bits per heavy atom. The number of benzene rings is 1. The third-order valence-corrected chi connectivity index (χ3v) is 4.07. The fourth-order valence-corrected chi connectivity index (χ4v) is 3.12. The summed E-state index contributed by atoms with van der Waals surface area (Å²) >= 11 is 12.1. The van der Waals surface area contributed by atoms with Crippen molar-refractivity contribution in [1.82, 2.24) is 5.32 Å². The average molecular weight is 304 g/mol. The van der Waals surface area contributed by atoms with Crippen molar-refractivity contribution in [3.8, 4) is 5.75 Å². The van der Waals surface area contributed by atoms with Gasteiger partial charge in [-0.3, -0.25) is 0 Å². The number of aliphatic hydroxyl groups excluding tert-OH is 1. The van der Waals surface area contributed by atoms with Crippen molar-refractivity contribution in [2.24, 2.45) is 0 Å². The van der Waals surface area contributed by atoms with Crippen LogP contribution in [0.2, 0.25) is 10.0 Å². The molecule has 19 heavy (non-hydrogen) atoms. The number of methoxy groups -OCH3 is 1. The van der Waals surface area contributed by atoms with E-state index in [1.165, 1.54) is 0 Å². The van der Waals surface area contributed by atoms with Crippen molar-refractivity contribution in [1.29, 1.82) is 0 Å². The van der Waals surface area contributed by atoms with E-state index in [4.69, 9.17) is 27.9 Å². The number of aliphatic hydroxyl groups is 1. The van der Waals surface area contributed by atoms with Crippen molar-refractivity contribution < 1.29 is 9.84 Å². The summed E-state index contributed by atoms with van der Waals surface area (Å²) in [6, 6.07) is 3.99. The fourth-order valence-electron chi connectivity index (χ4n) is 2.51. The van der Waals surface area contributed by atoms with Crippen LogP contribution in [0, 0.1) is 0 Å². The molecule has 0 saturated heterocycles. The van der Waals surface area contributed by atoms with Crippen molar-refractivity contribution >= 4 is 23.2 Å². The quantitative estimate of drug-likeness (QED) is 0.896. The van der Waals surface area contributed by atoms with Gasteiger partial charge in [0.05, 0.1) is 18.2 Å². The summed E-state index contributed by atoms with van der Waals surface area (Å²) in [7, 11) is 1.61. The van der Waals surface area contributed by atoms with Gasteiger partial charge in [0.2, 0.25) is 0 Å². The number of rotatable bonds is 4. The maximum absolute atomic E-state index is 9.48. The molecule has 1 fully saturated rings. The highest BCUT2D eigenvalue weighted by molar-refractivity contribution is 6.35. The van der Waals surface area contributed by atoms with E-state index < -0.39 is 0 Å². The Kier molecular flexibility index (Phi) is 5.34. The van der Waals surface area contributed by atoms with Gasteiger partial charge in [0.15, 0.2) is 0 Å². The topological polar surface area (TPSA) is 41.5 Å². The summed E-state index contributed by atoms with van der Waals surface area (Å²) in [5.74, 6) is 0.675. The summed E-state index contributed by atoms with van der Waals surface area (Å²) in [6.45, 7) is 0.671. The minimum Gasteiger partial charge on any atom is -0.495 e. The lowest BCUT2D eigenvalue weighted by molar-refractivity contribution is 0.116. The van der Waals surface area contributed by atoms with E-state index in [0.717, 1.165) is 31.2 Å². The van der Waals surface area contributed by atoms with Gasteiger partial charge < -0.3 is 15.2 Å². The van der Waals surface area contributed by atoms with E-state index >= 15 is 0 Å². The molecular weight excluding hydrogens is 285 g/mol. The smallest absolute Gasteiger partial charge is 0.142 e. The molecule has 1 aromatic rings. The van der Waals surface area contributed by atoms with Gasteiger partial charge in [0.1, 0.15) is 5.75 Å². The second-order valence-corrected chi connectivity index (χ2v) is 5.81. The molecule has 1 aromatic carbocycles. The van der Waals surface area contributed by atoms with E-state index in [1.54, 1.807) is 13.2 Å². The number of hydrogen-bond acceptors (Lipinski definition) is 3. The zero-order chi connectivity index (χ0) is 13.8. The lowest BCUT2D eigenvalue weighted by Gasteiger charge is -2.26. The predicted octanol–water partition coefficient (Wildman–Crippen LogP) is 3.40. The SMILES string of the molecule is COc1c(Cl)cc(Cl)cc1CNC1CCC(O)CC1. The van der Waals surface area contributed by atoms with Crippen LogP contribution in [0.15, 0.2) is 12.1 Å². The molecule has 0 aliphatic heterocycles. The van der Waals surface area contributed by atoms with Crippen molar-refractivity contribution in [2.45, 2.75) is 44.4 Å². The molecule has 1 aliphatic carbocycles. The Hall–Kier alpha value is -0.480. The third-order valence-electron chi connectivity index (χ3n) is 3.57. The van der Waals surface area contributed by atoms with Crippen LogP contribution in [0.3, 0.4) is 0 Å². The first-order valence-electron chi connectivity index (χ1n) is 6.53. The molecule has 0 atom stereocenters. The molecule has 3 nitrogen and oxygen atoms in total. The predicted molar refractivity (Wildman–Crippen MR) is 78.1 cm³/mol. The molecule has 2 rings (SSSR count). The highest BCUT2D eigenvalue weighted by Gasteiger charge is 2.19. The minimum absolute atomic E-state index is 0.131. The molecule has 1 saturated carbocycles. The number of ether oxygens (including phenoxy) is 1. The zero-order valence-electron chi connectivity index (χ0n) is 11.0. The molecular formula is C14H19Cl2NO2. The maximum Gasteiger partial charge on any atom is 0.142 e. The molecule has 0 unspecified atom stereocenters. The molecule has 0 amide bonds. The standard InChI is InChI=1S/C14H19Cl2NO2/c1-19-14-9(6-10(15)7-13(14)16)8-17-11-2-4-12(18)5-3-11/h6-7,11-12,17-18H,2-5,8H2,1H3. The molecule has 0 heterocycles. The molecule has 1 aliphatic rings. The molecule has 0 spiro atoms. The summed E-state index contributed by atoms with van der Waals surface area (Å²) in [5, 5.41) is 14.1. The van der Waals surface area contributed by atoms with E-state index in [2.05, 4.69) is 5.32 Å². The van der Waals surface area contributed by atoms with Gasteiger partial charge in [-0.25, -0.2) is 0 Å². The Labute approximate surface area is 123 Å². The first-order chi connectivity index (χ1) is 9.10. The monoisotopic (exact) mass is 303 g/mol. The van der Waals surface area contributed by atoms with Gasteiger partial charge in [-0.1, -0.05) is 23.2 Å². The van der Waals surface area contributed by atoms with Crippen LogP contribution in [-0.4, -0.2) is 24.4 Å². The maximum atomic E-state index is 9.48. The number of halogens is 2. The first-order valence-corrected chi connectivity index (χ1v) is 7.29. The largest absolute Gasteiger partial charge is 0.495 e. The fraction of sp³-hybridized carbons (Fsp3) is 0.571. The molecule has 0 bridgehead atoms. The van der Waals surface area contributed by atoms with Crippen LogP contribution in [-0.2, 0) is 6.54 Å². The van der Waals surface area contributed by atoms with Gasteiger partial charge in [-0.05, 0) is 37.8 Å². The molecule has 5 heteroatoms. The van der Waals surface area contributed by atoms with Crippen LogP contribution < -0.4 is 10.1 Å². The van der Waals surface area contributed by atoms with Crippen LogP contribution >= 0.6 is 23.2 Å². The Bertz CT molecular complexity index is 432. The van der Waals surface area contributed by atoms with E-state index in [1.807, 2.05) is 6.07 Å². The van der Waals surface area contributed by atoms with Gasteiger partial charge in [-0.2, -0.15) is 0 Å². The summed E-state index contributed by atoms with van der Waals surface area (Å²) in [6.07, 6.45) is 3.60. The van der Waals surface area contributed by atoms with Crippen LogP contribution in [0.4, 0.5) is 0 Å². The third kappa shape index (κ3) is 3.99. The van der Waals surface area contributed by atoms with Gasteiger partial charge in [-0.15, -0.1) is 0 Å². The summed E-state index contributed by atoms with van der Waals surface area (Å²) < 4.78 is 5.32. The second-order valence-electron chi connectivity index (χ2n) is 4.97. The van der Waals surface area contributed by atoms with Gasteiger partial charge >= 0.3 is 0 Å². The summed E-state index contributed by atoms with van der Waals surface area (Å²) in [4.78, 5) is 0. The normalized spacial score (nSPS) is 23.4. The second kappa shape index (κ2) is 6.80. The lowest BCUT2D eigenvalue weighted by atomic mass is 9.93. The van der Waals surface area contributed by atoms with Gasteiger partial charge in [0, 0.05) is 23.2 Å². The highest BCUT2D eigenvalue weighted by Crippen LogP contribution is 2.32. The first kappa shape index (κ1) is 14.9. The van der Waals surface area contributed by atoms with Crippen molar-refractivity contribution in [2.75, 3.05) is 7.11 Å². The van der Waals surface area contributed by atoms with Crippen LogP contribution in [0.1, 0.15) is 31.2 Å². The molecule has 106 valence electrons. The zero-order valence-corrected chi connectivity index (χ0v) is 12.5. The highest BCUT2D eigenvalue weighted by atomic mass is 35.5. The number of hydrogen-bond donors (Lipinski definition) is 2. The van der Waals surface area contributed by atoms with Crippen molar-refractivity contribution in [3.63, 3.8) is 0 Å². The summed E-state index contributed by atoms with van der Waals surface area (Å²) in [5.41, 5.74) is 0.964. The van der Waals surface area contributed by atoms with Crippen molar-refractivity contribution in [3.05, 3.63) is 27.7 Å². The van der Waals surface area contributed by atoms with E-state index in [0.29, 0.717) is 28.4 Å². The Morgan fingerprint density at radius 2 is 1.95 bits per heavy atom. The molecule has 0 aromatic heterocycles. The molecule has 0 radical (unpaired) electrons. The average Bonchev–Trinajstić information content (AvgIpc) is 2.37. The number of nitrogens with one attached hydrogen (secondary N) is 1. The van der Waals surface area contributed by atoms with E-state index in [-0.39, 0.29) is 6.10 Å². The lowest BCUT2D eigenvalue weighted by Crippen LogP contribution is -2.34. The molecule has 2 N–H and O–H groups in total. The van der Waals surface area contributed by atoms with Gasteiger partial charge in [0.25, 0.3) is 0 Å². The van der Waals surface area contributed by atoms with Crippen LogP contribution in [0.25, 0.3) is 0 Å². The minimum atomic E-state index is -0.131. The van der Waals surface area contributed by atoms with Crippen LogP contribution in [0.5, 0.6) is 5.75 Å². The Balaban J connectivity index is 1.99. The van der Waals surface area contributed by atoms with E-state index in [9.17, 15) is 5.11 Å².